The van der Waals surface area contributed by atoms with Crippen LogP contribution in [0.5, 0.6) is 0 Å². The van der Waals surface area contributed by atoms with Crippen LogP contribution < -0.4 is 4.90 Å². The van der Waals surface area contributed by atoms with E-state index in [-0.39, 0.29) is 10.5 Å². The van der Waals surface area contributed by atoms with Gasteiger partial charge in [-0.15, -0.1) is 0 Å². The fourth-order valence-corrected chi connectivity index (χ4v) is 7.90. The molecule has 0 unspecified atom stereocenters. The van der Waals surface area contributed by atoms with Crippen molar-refractivity contribution < 1.29 is 13.2 Å². The van der Waals surface area contributed by atoms with Crippen LogP contribution in [0.3, 0.4) is 0 Å². The van der Waals surface area contributed by atoms with Crippen molar-refractivity contribution in [3.05, 3.63) is 61.3 Å². The Morgan fingerprint density at radius 1 is 0.976 bits per heavy atom. The summed E-state index contributed by atoms with van der Waals surface area (Å²) in [6.07, 6.45) is 10.9. The van der Waals surface area contributed by atoms with Gasteiger partial charge in [0.1, 0.15) is 11.2 Å². The fraction of sp³-hybridized carbons (Fsp3) is 0.379. The molecular formula is C29H32N8O3S2. The van der Waals surface area contributed by atoms with Gasteiger partial charge in [-0.25, -0.2) is 27.3 Å². The summed E-state index contributed by atoms with van der Waals surface area (Å²) in [5.41, 5.74) is 2.92. The molecule has 1 aromatic carbocycles. The molecule has 7 rings (SSSR count). The first-order valence-corrected chi connectivity index (χ1v) is 16.5. The van der Waals surface area contributed by atoms with Gasteiger partial charge in [-0.2, -0.15) is 5.10 Å². The minimum atomic E-state index is -3.91. The smallest absolute Gasteiger partial charge is 0.269 e. The number of nitrogens with zero attached hydrogens (tertiary/aromatic N) is 8. The number of fused-ring (bicyclic) bond motifs is 1. The number of hydrogen-bond acceptors (Lipinski definition) is 10. The number of ether oxygens (including phenoxy) is 1. The van der Waals surface area contributed by atoms with Gasteiger partial charge < -0.3 is 14.5 Å². The number of hydrogen-bond donors (Lipinski definition) is 0. The Morgan fingerprint density at radius 2 is 1.76 bits per heavy atom. The number of likely N-dealkylation sites (tertiary alicyclic amines) is 1. The van der Waals surface area contributed by atoms with E-state index in [1.54, 1.807) is 60.3 Å². The third-order valence-electron chi connectivity index (χ3n) is 8.08. The Kier molecular flexibility index (Phi) is 7.26. The molecular weight excluding hydrogens is 573 g/mol. The minimum Gasteiger partial charge on any atom is -0.378 e. The first-order chi connectivity index (χ1) is 20.5. The Balaban J connectivity index is 1.30. The lowest BCUT2D eigenvalue weighted by atomic mass is 10.1. The topological polar surface area (TPSA) is 111 Å². The highest BCUT2D eigenvalue weighted by Gasteiger charge is 2.26. The molecule has 2 saturated heterocycles. The van der Waals surface area contributed by atoms with Gasteiger partial charge >= 0.3 is 0 Å². The molecule has 2 fully saturated rings. The standard InChI is InChI=1S/C29H32N8O3S2/c1-2-34-10-8-22(9-11-34)36-19-21(16-32-36)24-20-37(42(38,39)23-6-4-3-5-7-23)28-27(24)33-25(17-30-28)26-18-31-29(41-26)35-12-14-40-15-13-35/h3-7,16-20,22H,2,8-15H2,1H3. The Bertz CT molecular complexity index is 1800. The molecule has 0 amide bonds. The van der Waals surface area contributed by atoms with Gasteiger partial charge in [0.15, 0.2) is 10.8 Å². The summed E-state index contributed by atoms with van der Waals surface area (Å²) in [7, 11) is -3.91. The first-order valence-electron chi connectivity index (χ1n) is 14.3. The number of benzene rings is 1. The molecule has 0 radical (unpaired) electrons. The van der Waals surface area contributed by atoms with Crippen molar-refractivity contribution in [1.29, 1.82) is 0 Å². The highest BCUT2D eigenvalue weighted by molar-refractivity contribution is 7.90. The van der Waals surface area contributed by atoms with Crippen LogP contribution in [-0.2, 0) is 14.8 Å². The quantitative estimate of drug-likeness (QED) is 0.271. The average molecular weight is 605 g/mol. The molecule has 218 valence electrons. The van der Waals surface area contributed by atoms with Gasteiger partial charge in [0.25, 0.3) is 10.0 Å². The van der Waals surface area contributed by atoms with E-state index in [0.717, 1.165) is 61.1 Å². The van der Waals surface area contributed by atoms with Gasteiger partial charge in [0.2, 0.25) is 0 Å². The molecule has 11 nitrogen and oxygen atoms in total. The van der Waals surface area contributed by atoms with Gasteiger partial charge in [-0.3, -0.25) is 4.68 Å². The van der Waals surface area contributed by atoms with Crippen molar-refractivity contribution in [3.63, 3.8) is 0 Å². The van der Waals surface area contributed by atoms with Crippen LogP contribution in [-0.4, -0.2) is 88.0 Å². The Hall–Kier alpha value is -3.65. The van der Waals surface area contributed by atoms with Crippen molar-refractivity contribution in [2.24, 2.45) is 0 Å². The number of anilines is 1. The Morgan fingerprint density at radius 3 is 2.52 bits per heavy atom. The maximum absolute atomic E-state index is 13.8. The van der Waals surface area contributed by atoms with E-state index in [2.05, 4.69) is 26.7 Å². The zero-order valence-electron chi connectivity index (χ0n) is 23.3. The van der Waals surface area contributed by atoms with Crippen LogP contribution in [0.2, 0.25) is 0 Å². The molecule has 6 heterocycles. The van der Waals surface area contributed by atoms with E-state index in [1.165, 1.54) is 3.97 Å². The van der Waals surface area contributed by atoms with Gasteiger partial charge in [0.05, 0.1) is 41.4 Å². The molecule has 5 aromatic rings. The summed E-state index contributed by atoms with van der Waals surface area (Å²) in [4.78, 5) is 20.0. The first kappa shape index (κ1) is 27.2. The highest BCUT2D eigenvalue weighted by Crippen LogP contribution is 2.36. The molecule has 13 heteroatoms. The van der Waals surface area contributed by atoms with Crippen molar-refractivity contribution in [1.82, 2.24) is 33.6 Å². The molecule has 0 spiro atoms. The number of thiazole rings is 1. The second-order valence-electron chi connectivity index (χ2n) is 10.6. The second-order valence-corrected chi connectivity index (χ2v) is 13.4. The average Bonchev–Trinajstić information content (AvgIpc) is 3.81. The van der Waals surface area contributed by atoms with Gasteiger partial charge in [-0.05, 0) is 31.5 Å². The van der Waals surface area contributed by atoms with Crippen LogP contribution in [0.15, 0.2) is 66.2 Å². The zero-order valence-corrected chi connectivity index (χ0v) is 25.0. The number of aromatic nitrogens is 6. The predicted molar refractivity (Wildman–Crippen MR) is 162 cm³/mol. The molecule has 0 aliphatic carbocycles. The summed E-state index contributed by atoms with van der Waals surface area (Å²) in [5.74, 6) is 0. The number of rotatable bonds is 7. The van der Waals surface area contributed by atoms with Gasteiger partial charge in [-0.1, -0.05) is 36.5 Å². The van der Waals surface area contributed by atoms with Crippen molar-refractivity contribution in [2.75, 3.05) is 50.8 Å². The van der Waals surface area contributed by atoms with Crippen LogP contribution in [0.4, 0.5) is 5.13 Å². The third kappa shape index (κ3) is 5.00. The van der Waals surface area contributed by atoms with E-state index in [4.69, 9.17) is 14.8 Å². The monoisotopic (exact) mass is 604 g/mol. The van der Waals surface area contributed by atoms with Gasteiger partial charge in [0, 0.05) is 55.9 Å². The summed E-state index contributed by atoms with van der Waals surface area (Å²) in [6.45, 7) is 8.28. The Labute approximate surface area is 248 Å². The molecule has 42 heavy (non-hydrogen) atoms. The SMILES string of the molecule is CCN1CCC(n2cc(-c3cn(S(=O)(=O)c4ccccc4)c4ncc(-c5cnc(N6CCOCC6)s5)nc34)cn2)CC1. The molecule has 2 aliphatic rings. The second kappa shape index (κ2) is 11.2. The van der Waals surface area contributed by atoms with Crippen molar-refractivity contribution >= 4 is 37.7 Å². The van der Waals surface area contributed by atoms with E-state index in [0.29, 0.717) is 36.0 Å². The van der Waals surface area contributed by atoms with Crippen LogP contribution in [0.1, 0.15) is 25.8 Å². The fourth-order valence-electron chi connectivity index (χ4n) is 5.64. The molecule has 0 N–H and O–H groups in total. The minimum absolute atomic E-state index is 0.190. The molecule has 4 aromatic heterocycles. The lowest BCUT2D eigenvalue weighted by molar-refractivity contribution is 0.122. The summed E-state index contributed by atoms with van der Waals surface area (Å²) in [6, 6.07) is 8.71. The van der Waals surface area contributed by atoms with E-state index in [9.17, 15) is 8.42 Å². The summed E-state index contributed by atoms with van der Waals surface area (Å²) in [5, 5.41) is 5.62. The zero-order chi connectivity index (χ0) is 28.7. The summed E-state index contributed by atoms with van der Waals surface area (Å²) >= 11 is 1.55. The van der Waals surface area contributed by atoms with Crippen molar-refractivity contribution in [2.45, 2.75) is 30.7 Å². The predicted octanol–water partition coefficient (Wildman–Crippen LogP) is 4.15. The largest absolute Gasteiger partial charge is 0.378 e. The normalized spacial score (nSPS) is 17.3. The highest BCUT2D eigenvalue weighted by atomic mass is 32.2. The van der Waals surface area contributed by atoms with E-state index in [1.807, 2.05) is 17.1 Å². The summed E-state index contributed by atoms with van der Waals surface area (Å²) < 4.78 is 36.3. The number of morpholine rings is 1. The van der Waals surface area contributed by atoms with E-state index >= 15 is 0 Å². The maximum Gasteiger partial charge on any atom is 0.269 e. The number of piperidine rings is 1. The lowest BCUT2D eigenvalue weighted by Gasteiger charge is -2.31. The molecule has 2 aliphatic heterocycles. The van der Waals surface area contributed by atoms with Crippen LogP contribution in [0.25, 0.3) is 32.9 Å². The molecule has 0 atom stereocenters. The molecule has 0 bridgehead atoms. The van der Waals surface area contributed by atoms with Crippen LogP contribution >= 0.6 is 11.3 Å². The molecule has 0 saturated carbocycles. The van der Waals surface area contributed by atoms with Crippen LogP contribution in [0, 0.1) is 0 Å². The van der Waals surface area contributed by atoms with E-state index < -0.39 is 10.0 Å². The third-order valence-corrected chi connectivity index (χ3v) is 10.8. The lowest BCUT2D eigenvalue weighted by Crippen LogP contribution is -2.36. The maximum atomic E-state index is 13.8. The van der Waals surface area contributed by atoms with Crippen molar-refractivity contribution in [3.8, 4) is 21.7 Å².